The molecule has 0 saturated carbocycles. The standard InChI is InChI=1S/C52H34N2/c1-3-15-37(16-4-1)53(38-17-5-2-6-18-38)39-28-30-40(31-29-39)54-49-25-13-24-42(52(49)51-41-19-8-7-14-35(41)27-33-50(51)54)36-26-32-47-45-22-10-9-20-43(45)44-21-11-12-23-46(44)48(47)34-36/h1-34H. The minimum Gasteiger partial charge on any atom is -0.311 e. The molecule has 54 heavy (non-hydrogen) atoms. The smallest absolute Gasteiger partial charge is 0.0547 e. The van der Waals surface area contributed by atoms with E-state index in [1.54, 1.807) is 0 Å². The van der Waals surface area contributed by atoms with Crippen LogP contribution in [0.25, 0.3) is 81.7 Å². The second kappa shape index (κ2) is 12.2. The highest BCUT2D eigenvalue weighted by atomic mass is 15.1. The predicted molar refractivity (Wildman–Crippen MR) is 231 cm³/mol. The topological polar surface area (TPSA) is 8.17 Å². The molecule has 252 valence electrons. The van der Waals surface area contributed by atoms with Crippen LogP contribution in [0, 0.1) is 0 Å². The molecule has 0 bridgehead atoms. The van der Waals surface area contributed by atoms with Gasteiger partial charge in [0, 0.05) is 33.5 Å². The summed E-state index contributed by atoms with van der Waals surface area (Å²) in [4.78, 5) is 2.31. The quantitative estimate of drug-likeness (QED) is 0.164. The van der Waals surface area contributed by atoms with Gasteiger partial charge < -0.3 is 9.47 Å². The number of aromatic nitrogens is 1. The Labute approximate surface area is 313 Å². The molecule has 10 aromatic carbocycles. The number of para-hydroxylation sites is 2. The van der Waals surface area contributed by atoms with Crippen molar-refractivity contribution < 1.29 is 0 Å². The zero-order valence-corrected chi connectivity index (χ0v) is 29.5. The van der Waals surface area contributed by atoms with Crippen LogP contribution in [0.3, 0.4) is 0 Å². The van der Waals surface area contributed by atoms with Gasteiger partial charge in [0.25, 0.3) is 0 Å². The normalized spacial score (nSPS) is 11.7. The largest absolute Gasteiger partial charge is 0.311 e. The summed E-state index contributed by atoms with van der Waals surface area (Å²) in [6.07, 6.45) is 0. The van der Waals surface area contributed by atoms with Crippen LogP contribution in [-0.2, 0) is 0 Å². The Hall–Kier alpha value is -7.16. The highest BCUT2D eigenvalue weighted by Crippen LogP contribution is 2.44. The molecule has 0 saturated heterocycles. The van der Waals surface area contributed by atoms with Crippen LogP contribution in [0.5, 0.6) is 0 Å². The molecule has 0 unspecified atom stereocenters. The molecular weight excluding hydrogens is 653 g/mol. The van der Waals surface area contributed by atoms with E-state index in [-0.39, 0.29) is 0 Å². The monoisotopic (exact) mass is 686 g/mol. The van der Waals surface area contributed by atoms with Gasteiger partial charge in [-0.1, -0.05) is 140 Å². The lowest BCUT2D eigenvalue weighted by Crippen LogP contribution is -2.09. The highest BCUT2D eigenvalue weighted by molar-refractivity contribution is 6.28. The first-order valence-electron chi connectivity index (χ1n) is 18.6. The van der Waals surface area contributed by atoms with E-state index in [4.69, 9.17) is 0 Å². The lowest BCUT2D eigenvalue weighted by atomic mass is 9.91. The summed E-state index contributed by atoms with van der Waals surface area (Å²) in [6.45, 7) is 0. The number of hydrogen-bond donors (Lipinski definition) is 0. The summed E-state index contributed by atoms with van der Waals surface area (Å²) < 4.78 is 2.45. The van der Waals surface area contributed by atoms with Gasteiger partial charge in [0.2, 0.25) is 0 Å². The number of nitrogens with zero attached hydrogens (tertiary/aromatic N) is 2. The van der Waals surface area contributed by atoms with Gasteiger partial charge in [-0.05, 0) is 121 Å². The molecule has 0 aliphatic rings. The van der Waals surface area contributed by atoms with E-state index < -0.39 is 0 Å². The molecule has 0 aliphatic carbocycles. The van der Waals surface area contributed by atoms with Crippen molar-refractivity contribution in [1.82, 2.24) is 4.57 Å². The van der Waals surface area contributed by atoms with Crippen molar-refractivity contribution in [3.8, 4) is 16.8 Å². The number of benzene rings is 10. The summed E-state index contributed by atoms with van der Waals surface area (Å²) in [5.41, 5.74) is 9.34. The Morgan fingerprint density at radius 3 is 1.48 bits per heavy atom. The maximum absolute atomic E-state index is 2.45. The van der Waals surface area contributed by atoms with Gasteiger partial charge in [0.05, 0.1) is 11.0 Å². The Morgan fingerprint density at radius 2 is 0.833 bits per heavy atom. The molecule has 2 heteroatoms. The van der Waals surface area contributed by atoms with Crippen molar-refractivity contribution in [3.63, 3.8) is 0 Å². The third-order valence-corrected chi connectivity index (χ3v) is 11.1. The number of anilines is 3. The summed E-state index contributed by atoms with van der Waals surface area (Å²) in [6, 6.07) is 75.1. The van der Waals surface area contributed by atoms with Crippen LogP contribution in [0.2, 0.25) is 0 Å². The summed E-state index contributed by atoms with van der Waals surface area (Å²) in [5.74, 6) is 0. The first kappa shape index (κ1) is 30.5. The average molecular weight is 687 g/mol. The van der Waals surface area contributed by atoms with Crippen molar-refractivity contribution in [2.75, 3.05) is 4.90 Å². The minimum atomic E-state index is 1.11. The molecule has 0 N–H and O–H groups in total. The van der Waals surface area contributed by atoms with Gasteiger partial charge >= 0.3 is 0 Å². The van der Waals surface area contributed by atoms with E-state index >= 15 is 0 Å². The first-order valence-corrected chi connectivity index (χ1v) is 18.6. The fourth-order valence-electron chi connectivity index (χ4n) is 8.77. The van der Waals surface area contributed by atoms with Crippen molar-refractivity contribution in [1.29, 1.82) is 0 Å². The third kappa shape index (κ3) is 4.67. The van der Waals surface area contributed by atoms with Crippen molar-refractivity contribution in [2.24, 2.45) is 0 Å². The molecule has 0 radical (unpaired) electrons. The number of rotatable bonds is 5. The molecule has 0 atom stereocenters. The molecule has 11 aromatic rings. The molecule has 0 amide bonds. The minimum absolute atomic E-state index is 1.11. The van der Waals surface area contributed by atoms with Gasteiger partial charge in [-0.25, -0.2) is 0 Å². The van der Waals surface area contributed by atoms with E-state index in [1.165, 1.54) is 76.0 Å². The van der Waals surface area contributed by atoms with Crippen LogP contribution < -0.4 is 4.90 Å². The van der Waals surface area contributed by atoms with Crippen molar-refractivity contribution >= 4 is 82.0 Å². The zero-order chi connectivity index (χ0) is 35.6. The summed E-state index contributed by atoms with van der Waals surface area (Å²) >= 11 is 0. The Kier molecular flexibility index (Phi) is 6.90. The summed E-state index contributed by atoms with van der Waals surface area (Å²) in [7, 11) is 0. The van der Waals surface area contributed by atoms with Crippen molar-refractivity contribution in [2.45, 2.75) is 0 Å². The molecule has 11 rings (SSSR count). The third-order valence-electron chi connectivity index (χ3n) is 11.1. The first-order chi connectivity index (χ1) is 26.8. The van der Waals surface area contributed by atoms with Gasteiger partial charge in [0.15, 0.2) is 0 Å². The van der Waals surface area contributed by atoms with E-state index in [9.17, 15) is 0 Å². The maximum Gasteiger partial charge on any atom is 0.0547 e. The van der Waals surface area contributed by atoms with Crippen LogP contribution in [0.4, 0.5) is 17.1 Å². The van der Waals surface area contributed by atoms with Crippen LogP contribution >= 0.6 is 0 Å². The molecule has 0 fully saturated rings. The SMILES string of the molecule is c1ccc(N(c2ccccc2)c2ccc(-n3c4cccc(-c5ccc6c7ccccc7c7ccccc7c6c5)c4c4c5ccccc5ccc43)cc2)cc1. The Bertz CT molecular complexity index is 3120. The van der Waals surface area contributed by atoms with Crippen LogP contribution in [-0.4, -0.2) is 4.57 Å². The maximum atomic E-state index is 2.45. The second-order valence-electron chi connectivity index (χ2n) is 14.1. The average Bonchev–Trinajstić information content (AvgIpc) is 3.60. The van der Waals surface area contributed by atoms with E-state index in [2.05, 4.69) is 216 Å². The van der Waals surface area contributed by atoms with Gasteiger partial charge in [-0.15, -0.1) is 0 Å². The van der Waals surface area contributed by atoms with E-state index in [0.29, 0.717) is 0 Å². The lowest BCUT2D eigenvalue weighted by Gasteiger charge is -2.25. The molecule has 1 heterocycles. The van der Waals surface area contributed by atoms with Crippen LogP contribution in [0.15, 0.2) is 206 Å². The van der Waals surface area contributed by atoms with Crippen molar-refractivity contribution in [3.05, 3.63) is 206 Å². The van der Waals surface area contributed by atoms with Gasteiger partial charge in [0.1, 0.15) is 0 Å². The van der Waals surface area contributed by atoms with E-state index in [1.807, 2.05) is 0 Å². The van der Waals surface area contributed by atoms with Gasteiger partial charge in [-0.2, -0.15) is 0 Å². The molecular formula is C52H34N2. The molecule has 0 aliphatic heterocycles. The Morgan fingerprint density at radius 1 is 0.315 bits per heavy atom. The zero-order valence-electron chi connectivity index (χ0n) is 29.5. The fourth-order valence-corrected chi connectivity index (χ4v) is 8.77. The molecule has 1 aromatic heterocycles. The number of fused-ring (bicyclic) bond motifs is 11. The molecule has 0 spiro atoms. The molecule has 2 nitrogen and oxygen atoms in total. The number of hydrogen-bond acceptors (Lipinski definition) is 1. The van der Waals surface area contributed by atoms with Crippen LogP contribution in [0.1, 0.15) is 0 Å². The Balaban J connectivity index is 1.15. The second-order valence-corrected chi connectivity index (χ2v) is 14.1. The highest BCUT2D eigenvalue weighted by Gasteiger charge is 2.20. The lowest BCUT2D eigenvalue weighted by molar-refractivity contribution is 1.17. The summed E-state index contributed by atoms with van der Waals surface area (Å²) in [5, 5.41) is 12.8. The predicted octanol–water partition coefficient (Wildman–Crippen LogP) is 14.5. The fraction of sp³-hybridized carbons (Fsp3) is 0. The van der Waals surface area contributed by atoms with E-state index in [0.717, 1.165) is 22.7 Å². The van der Waals surface area contributed by atoms with Gasteiger partial charge in [-0.3, -0.25) is 0 Å².